The number of nitro groups is 1. The Balaban J connectivity index is 1.34. The summed E-state index contributed by atoms with van der Waals surface area (Å²) in [5.74, 6) is 2.13. The highest BCUT2D eigenvalue weighted by atomic mass is 16.6. The lowest BCUT2D eigenvalue weighted by Crippen LogP contribution is -2.35. The highest BCUT2D eigenvalue weighted by Gasteiger charge is 2.53. The molecule has 5 atom stereocenters. The summed E-state index contributed by atoms with van der Waals surface area (Å²) in [6.07, 6.45) is 3.82. The van der Waals surface area contributed by atoms with Gasteiger partial charge in [-0.15, -0.1) is 0 Å². The summed E-state index contributed by atoms with van der Waals surface area (Å²) >= 11 is 0. The molecule has 2 fully saturated rings. The van der Waals surface area contributed by atoms with E-state index in [1.54, 1.807) is 19.1 Å². The average Bonchev–Trinajstić information content (AvgIpc) is 3.48. The number of nitro benzene ring substituents is 1. The smallest absolute Gasteiger partial charge is 0.274 e. The normalized spacial score (nSPS) is 26.3. The van der Waals surface area contributed by atoms with Crippen molar-refractivity contribution in [2.75, 3.05) is 10.6 Å². The zero-order valence-corrected chi connectivity index (χ0v) is 19.0. The topological polar surface area (TPSA) is 84.3 Å². The summed E-state index contributed by atoms with van der Waals surface area (Å²) in [5.41, 5.74) is 5.21. The highest BCUT2D eigenvalue weighted by Crippen LogP contribution is 2.63. The maximum atomic E-state index is 13.2. The third-order valence-corrected chi connectivity index (χ3v) is 8.26. The SMILES string of the molecule is Cc1c(NC(=O)c2ccc3c(c2)[C@@H]2[C@H]4CC[C@@H](C4)[C@@H]2[C@H](c2ccccc2)N3)cccc1[N+](=O)[O-]. The molecular weight excluding hydrogens is 426 g/mol. The van der Waals surface area contributed by atoms with E-state index < -0.39 is 4.92 Å². The van der Waals surface area contributed by atoms with Gasteiger partial charge in [-0.1, -0.05) is 36.4 Å². The highest BCUT2D eigenvalue weighted by molar-refractivity contribution is 6.05. The van der Waals surface area contributed by atoms with Crippen LogP contribution in [0.5, 0.6) is 0 Å². The molecule has 6 rings (SSSR count). The van der Waals surface area contributed by atoms with Gasteiger partial charge >= 0.3 is 0 Å². The summed E-state index contributed by atoms with van der Waals surface area (Å²) in [6, 6.07) is 21.7. The molecule has 2 saturated carbocycles. The number of benzene rings is 3. The van der Waals surface area contributed by atoms with Crippen molar-refractivity contribution in [2.45, 2.75) is 38.1 Å². The number of amides is 1. The quantitative estimate of drug-likeness (QED) is 0.351. The van der Waals surface area contributed by atoms with Gasteiger partial charge in [0.25, 0.3) is 11.6 Å². The molecule has 2 N–H and O–H groups in total. The van der Waals surface area contributed by atoms with Crippen molar-refractivity contribution in [3.8, 4) is 0 Å². The zero-order chi connectivity index (χ0) is 23.4. The van der Waals surface area contributed by atoms with Crippen LogP contribution in [0.4, 0.5) is 17.1 Å². The third-order valence-electron chi connectivity index (χ3n) is 8.26. The molecule has 34 heavy (non-hydrogen) atoms. The van der Waals surface area contributed by atoms with Crippen LogP contribution in [0.15, 0.2) is 66.7 Å². The van der Waals surface area contributed by atoms with Crippen molar-refractivity contribution in [3.05, 3.63) is 99.1 Å². The van der Waals surface area contributed by atoms with E-state index in [1.807, 2.05) is 18.2 Å². The summed E-state index contributed by atoms with van der Waals surface area (Å²) < 4.78 is 0. The average molecular weight is 454 g/mol. The molecule has 0 aromatic heterocycles. The van der Waals surface area contributed by atoms with Crippen LogP contribution < -0.4 is 10.6 Å². The first-order chi connectivity index (χ1) is 16.5. The molecule has 0 spiro atoms. The van der Waals surface area contributed by atoms with Gasteiger partial charge in [0.15, 0.2) is 0 Å². The van der Waals surface area contributed by atoms with Crippen molar-refractivity contribution in [1.29, 1.82) is 0 Å². The Labute approximate surface area is 198 Å². The van der Waals surface area contributed by atoms with Crippen molar-refractivity contribution < 1.29 is 9.72 Å². The Bertz CT molecular complexity index is 1290. The van der Waals surface area contributed by atoms with Gasteiger partial charge in [-0.2, -0.15) is 0 Å². The Kier molecular flexibility index (Phi) is 4.90. The van der Waals surface area contributed by atoms with Gasteiger partial charge in [-0.05, 0) is 85.3 Å². The summed E-state index contributed by atoms with van der Waals surface area (Å²) in [5, 5.41) is 18.0. The summed E-state index contributed by atoms with van der Waals surface area (Å²) in [4.78, 5) is 24.0. The molecule has 1 aliphatic heterocycles. The van der Waals surface area contributed by atoms with Crippen LogP contribution in [-0.4, -0.2) is 10.8 Å². The van der Waals surface area contributed by atoms with Crippen molar-refractivity contribution in [2.24, 2.45) is 17.8 Å². The van der Waals surface area contributed by atoms with Gasteiger partial charge in [0.1, 0.15) is 0 Å². The largest absolute Gasteiger partial charge is 0.378 e. The molecule has 172 valence electrons. The van der Waals surface area contributed by atoms with Gasteiger partial charge in [0.05, 0.1) is 22.2 Å². The lowest BCUT2D eigenvalue weighted by Gasteiger charge is -2.43. The Morgan fingerprint density at radius 2 is 1.82 bits per heavy atom. The molecule has 3 aromatic carbocycles. The number of hydrogen-bond acceptors (Lipinski definition) is 4. The van der Waals surface area contributed by atoms with Gasteiger partial charge in [-0.3, -0.25) is 14.9 Å². The minimum absolute atomic E-state index is 0.00390. The monoisotopic (exact) mass is 453 g/mol. The number of carbonyl (C=O) groups excluding carboxylic acids is 1. The number of rotatable bonds is 4. The number of carbonyl (C=O) groups is 1. The third kappa shape index (κ3) is 3.28. The van der Waals surface area contributed by atoms with E-state index in [9.17, 15) is 14.9 Å². The maximum Gasteiger partial charge on any atom is 0.274 e. The Morgan fingerprint density at radius 3 is 2.62 bits per heavy atom. The molecule has 2 aliphatic carbocycles. The Morgan fingerprint density at radius 1 is 1.03 bits per heavy atom. The minimum Gasteiger partial charge on any atom is -0.378 e. The predicted molar refractivity (Wildman–Crippen MR) is 132 cm³/mol. The first-order valence-electron chi connectivity index (χ1n) is 12.0. The fourth-order valence-electron chi connectivity index (χ4n) is 6.77. The van der Waals surface area contributed by atoms with E-state index in [0.29, 0.717) is 46.5 Å². The number of fused-ring (bicyclic) bond motifs is 7. The van der Waals surface area contributed by atoms with Gasteiger partial charge in [-0.25, -0.2) is 0 Å². The van der Waals surface area contributed by atoms with E-state index in [2.05, 4.69) is 41.0 Å². The van der Waals surface area contributed by atoms with Crippen LogP contribution in [0.1, 0.15) is 58.3 Å². The Hall–Kier alpha value is -3.67. The molecule has 3 aromatic rings. The first kappa shape index (κ1) is 20.9. The van der Waals surface area contributed by atoms with E-state index in [4.69, 9.17) is 0 Å². The molecule has 0 saturated heterocycles. The summed E-state index contributed by atoms with van der Waals surface area (Å²) in [7, 11) is 0. The lowest BCUT2D eigenvalue weighted by molar-refractivity contribution is -0.385. The molecule has 1 amide bonds. The second kappa shape index (κ2) is 7.97. The minimum atomic E-state index is -0.423. The molecule has 6 nitrogen and oxygen atoms in total. The molecule has 1 heterocycles. The standard InChI is InChI=1S/C28H27N3O3/c1-16-22(8-5-9-24(16)31(33)34)30-28(32)20-12-13-23-21(15-20)25-18-10-11-19(14-18)26(25)27(29-23)17-6-3-2-4-7-17/h2-9,12-13,15,18-19,25-27,29H,10-11,14H2,1H3,(H,30,32)/t18-,19-,25-,26-,27-/m0/s1. The molecule has 0 radical (unpaired) electrons. The number of nitrogens with one attached hydrogen (secondary N) is 2. The fourth-order valence-corrected chi connectivity index (χ4v) is 6.77. The predicted octanol–water partition coefficient (Wildman–Crippen LogP) is 6.45. The second-order valence-electron chi connectivity index (χ2n) is 9.93. The first-order valence-corrected chi connectivity index (χ1v) is 12.0. The van der Waals surface area contributed by atoms with Crippen LogP contribution in [0.2, 0.25) is 0 Å². The van der Waals surface area contributed by atoms with Crippen LogP contribution in [-0.2, 0) is 0 Å². The molecule has 3 aliphatic rings. The number of anilines is 2. The summed E-state index contributed by atoms with van der Waals surface area (Å²) in [6.45, 7) is 1.66. The molecular formula is C28H27N3O3. The molecule has 0 unspecified atom stereocenters. The van der Waals surface area contributed by atoms with E-state index >= 15 is 0 Å². The van der Waals surface area contributed by atoms with Crippen molar-refractivity contribution >= 4 is 23.0 Å². The fraction of sp³-hybridized carbons (Fsp3) is 0.321. The van der Waals surface area contributed by atoms with Crippen molar-refractivity contribution in [3.63, 3.8) is 0 Å². The maximum absolute atomic E-state index is 13.2. The van der Waals surface area contributed by atoms with Crippen LogP contribution in [0.3, 0.4) is 0 Å². The number of nitrogens with zero attached hydrogens (tertiary/aromatic N) is 1. The van der Waals surface area contributed by atoms with Gasteiger partial charge < -0.3 is 10.6 Å². The molecule has 6 heteroatoms. The van der Waals surface area contributed by atoms with Crippen LogP contribution in [0.25, 0.3) is 0 Å². The zero-order valence-electron chi connectivity index (χ0n) is 19.0. The van der Waals surface area contributed by atoms with Crippen LogP contribution >= 0.6 is 0 Å². The number of hydrogen-bond donors (Lipinski definition) is 2. The van der Waals surface area contributed by atoms with Gasteiger partial charge in [0, 0.05) is 17.3 Å². The van der Waals surface area contributed by atoms with Crippen LogP contribution in [0, 0.1) is 34.8 Å². The van der Waals surface area contributed by atoms with Gasteiger partial charge in [0.2, 0.25) is 0 Å². The van der Waals surface area contributed by atoms with Crippen molar-refractivity contribution in [1.82, 2.24) is 0 Å². The lowest BCUT2D eigenvalue weighted by atomic mass is 9.68. The van der Waals surface area contributed by atoms with E-state index in [1.165, 1.54) is 36.5 Å². The van der Waals surface area contributed by atoms with E-state index in [0.717, 1.165) is 5.69 Å². The van der Waals surface area contributed by atoms with E-state index in [-0.39, 0.29) is 11.6 Å². The molecule has 2 bridgehead atoms. The second-order valence-corrected chi connectivity index (χ2v) is 9.93.